The summed E-state index contributed by atoms with van der Waals surface area (Å²) in [6, 6.07) is 2.25. The third kappa shape index (κ3) is 1.06. The maximum atomic E-state index is 2.40. The largest absolute Gasteiger partial charge is 0.195 e. The number of rotatable bonds is 0. The normalized spacial score (nSPS) is 16.6. The summed E-state index contributed by atoms with van der Waals surface area (Å²) in [5.41, 5.74) is 1.75. The Morgan fingerprint density at radius 3 is 2.83 bits per heavy atom. The van der Waals surface area contributed by atoms with Gasteiger partial charge in [0.1, 0.15) is 0 Å². The van der Waals surface area contributed by atoms with Crippen molar-refractivity contribution >= 4 is 0 Å². The summed E-state index contributed by atoms with van der Waals surface area (Å²) in [7, 11) is 0. The van der Waals surface area contributed by atoms with Gasteiger partial charge in [0, 0.05) is 17.9 Å². The number of hydrogen-bond acceptors (Lipinski definition) is 0. The van der Waals surface area contributed by atoms with Crippen LogP contribution >= 0.6 is 0 Å². The average molecular weight is 165 g/mol. The molecule has 12 heavy (non-hydrogen) atoms. The van der Waals surface area contributed by atoms with Crippen LogP contribution in [0.2, 0.25) is 0 Å². The van der Waals surface area contributed by atoms with E-state index in [1.165, 1.54) is 25.2 Å². The van der Waals surface area contributed by atoms with E-state index in [4.69, 9.17) is 0 Å². The zero-order chi connectivity index (χ0) is 8.77. The van der Waals surface area contributed by atoms with Gasteiger partial charge in [-0.1, -0.05) is 20.8 Å². The molecule has 0 aromatic carbocycles. The Morgan fingerprint density at radius 2 is 2.17 bits per heavy atom. The highest BCUT2D eigenvalue weighted by molar-refractivity contribution is 5.09. The van der Waals surface area contributed by atoms with Crippen molar-refractivity contribution in [1.82, 2.24) is 4.68 Å². The molecule has 0 fully saturated rings. The molecule has 0 bridgehead atoms. The van der Waals surface area contributed by atoms with Gasteiger partial charge in [0.15, 0.2) is 12.7 Å². The van der Waals surface area contributed by atoms with Crippen molar-refractivity contribution in [2.75, 3.05) is 0 Å². The van der Waals surface area contributed by atoms with Crippen LogP contribution in [0.1, 0.15) is 32.9 Å². The molecule has 2 nitrogen and oxygen atoms in total. The molecule has 0 unspecified atom stereocenters. The van der Waals surface area contributed by atoms with Crippen LogP contribution < -0.4 is 4.68 Å². The van der Waals surface area contributed by atoms with Crippen LogP contribution in [0.4, 0.5) is 0 Å². The van der Waals surface area contributed by atoms with Crippen molar-refractivity contribution in [1.29, 1.82) is 0 Å². The maximum Gasteiger partial charge on any atom is 0.195 e. The molecule has 2 heteroatoms. The van der Waals surface area contributed by atoms with Crippen LogP contribution in [0.5, 0.6) is 0 Å². The standard InChI is InChI=1S/C10H17N2/c1-10(2,3)9-5-8-11-6-4-7-12(9)11/h5,8H,4,6-7H2,1-3H3/q+1. The smallest absolute Gasteiger partial charge is 0.157 e. The van der Waals surface area contributed by atoms with E-state index in [2.05, 4.69) is 42.4 Å². The van der Waals surface area contributed by atoms with Gasteiger partial charge in [0.25, 0.3) is 0 Å². The van der Waals surface area contributed by atoms with Gasteiger partial charge >= 0.3 is 0 Å². The summed E-state index contributed by atoms with van der Waals surface area (Å²) in [6.07, 6.45) is 3.50. The van der Waals surface area contributed by atoms with E-state index in [-0.39, 0.29) is 5.41 Å². The monoisotopic (exact) mass is 165 g/mol. The second-order valence-corrected chi connectivity index (χ2v) is 4.59. The molecular weight excluding hydrogens is 148 g/mol. The van der Waals surface area contributed by atoms with E-state index in [0.29, 0.717) is 0 Å². The molecule has 1 aromatic rings. The Labute approximate surface area is 73.8 Å². The van der Waals surface area contributed by atoms with E-state index in [9.17, 15) is 0 Å². The molecular formula is C10H17N2+. The third-order valence-electron chi connectivity index (χ3n) is 2.52. The summed E-state index contributed by atoms with van der Waals surface area (Å²) in [4.78, 5) is 0. The highest BCUT2D eigenvalue weighted by atomic mass is 15.4. The molecule has 0 atom stereocenters. The molecule has 0 amide bonds. The van der Waals surface area contributed by atoms with E-state index in [0.717, 1.165) is 0 Å². The lowest BCUT2D eigenvalue weighted by molar-refractivity contribution is -0.758. The fourth-order valence-corrected chi connectivity index (χ4v) is 1.93. The Bertz CT molecular complexity index is 291. The first-order valence-corrected chi connectivity index (χ1v) is 4.69. The second-order valence-electron chi connectivity index (χ2n) is 4.59. The van der Waals surface area contributed by atoms with E-state index in [1.807, 2.05) is 0 Å². The predicted molar refractivity (Wildman–Crippen MR) is 47.9 cm³/mol. The van der Waals surface area contributed by atoms with Crippen molar-refractivity contribution in [2.24, 2.45) is 0 Å². The molecule has 1 aliphatic heterocycles. The lowest BCUT2D eigenvalue weighted by Gasteiger charge is -2.16. The highest BCUT2D eigenvalue weighted by Crippen LogP contribution is 2.22. The van der Waals surface area contributed by atoms with Crippen molar-refractivity contribution < 1.29 is 4.68 Å². The summed E-state index contributed by atoms with van der Waals surface area (Å²) < 4.78 is 4.72. The number of nitrogens with zero attached hydrogens (tertiary/aromatic N) is 2. The van der Waals surface area contributed by atoms with Gasteiger partial charge in [-0.2, -0.15) is 4.68 Å². The van der Waals surface area contributed by atoms with Gasteiger partial charge in [-0.05, 0) is 0 Å². The molecule has 1 aromatic heterocycles. The molecule has 0 radical (unpaired) electrons. The summed E-state index contributed by atoms with van der Waals surface area (Å²) in [5, 5.41) is 0. The van der Waals surface area contributed by atoms with E-state index >= 15 is 0 Å². The minimum atomic E-state index is 0.287. The van der Waals surface area contributed by atoms with Crippen LogP contribution in [0, 0.1) is 0 Å². The number of fused-ring (bicyclic) bond motifs is 1. The number of aromatic nitrogens is 2. The van der Waals surface area contributed by atoms with Crippen LogP contribution in [0.3, 0.4) is 0 Å². The predicted octanol–water partition coefficient (Wildman–Crippen LogP) is 1.48. The summed E-state index contributed by atoms with van der Waals surface area (Å²) in [6.45, 7) is 9.20. The third-order valence-corrected chi connectivity index (χ3v) is 2.52. The van der Waals surface area contributed by atoms with Gasteiger partial charge in [-0.15, -0.1) is 4.68 Å². The second kappa shape index (κ2) is 2.35. The Morgan fingerprint density at radius 1 is 1.42 bits per heavy atom. The lowest BCUT2D eigenvalue weighted by atomic mass is 9.92. The molecule has 0 saturated carbocycles. The first-order valence-electron chi connectivity index (χ1n) is 4.69. The Kier molecular flexibility index (Phi) is 1.53. The Balaban J connectivity index is 2.46. The van der Waals surface area contributed by atoms with Crippen LogP contribution in [0.15, 0.2) is 12.3 Å². The maximum absolute atomic E-state index is 2.40. The first kappa shape index (κ1) is 7.84. The molecule has 2 rings (SSSR count). The van der Waals surface area contributed by atoms with Crippen LogP contribution in [-0.4, -0.2) is 4.68 Å². The fraction of sp³-hybridized carbons (Fsp3) is 0.700. The molecule has 66 valence electrons. The number of aryl methyl sites for hydroxylation is 1. The molecule has 0 spiro atoms. The number of hydrogen-bond donors (Lipinski definition) is 0. The fourth-order valence-electron chi connectivity index (χ4n) is 1.93. The van der Waals surface area contributed by atoms with Crippen molar-refractivity contribution in [3.05, 3.63) is 18.0 Å². The Hall–Kier alpha value is -0.790. The van der Waals surface area contributed by atoms with Gasteiger partial charge in [-0.3, -0.25) is 0 Å². The molecule has 1 aliphatic rings. The minimum Gasteiger partial charge on any atom is -0.157 e. The van der Waals surface area contributed by atoms with Crippen molar-refractivity contribution in [2.45, 2.75) is 45.7 Å². The van der Waals surface area contributed by atoms with Gasteiger partial charge in [0.05, 0.1) is 12.2 Å². The highest BCUT2D eigenvalue weighted by Gasteiger charge is 2.27. The molecule has 0 N–H and O–H groups in total. The van der Waals surface area contributed by atoms with Gasteiger partial charge in [0.2, 0.25) is 0 Å². The summed E-state index contributed by atoms with van der Waals surface area (Å²) in [5.74, 6) is 0. The molecule has 0 saturated heterocycles. The van der Waals surface area contributed by atoms with E-state index in [1.54, 1.807) is 0 Å². The van der Waals surface area contributed by atoms with Gasteiger partial charge < -0.3 is 0 Å². The van der Waals surface area contributed by atoms with Crippen molar-refractivity contribution in [3.8, 4) is 0 Å². The zero-order valence-corrected chi connectivity index (χ0v) is 8.17. The topological polar surface area (TPSA) is 8.81 Å². The first-order chi connectivity index (χ1) is 5.59. The molecule has 0 aliphatic carbocycles. The van der Waals surface area contributed by atoms with Crippen LogP contribution in [0.25, 0.3) is 0 Å². The zero-order valence-electron chi connectivity index (χ0n) is 8.17. The molecule has 2 heterocycles. The lowest BCUT2D eigenvalue weighted by Crippen LogP contribution is -2.38. The average Bonchev–Trinajstić information content (AvgIpc) is 2.37. The quantitative estimate of drug-likeness (QED) is 0.515. The summed E-state index contributed by atoms with van der Waals surface area (Å²) >= 11 is 0. The SMILES string of the molecule is CC(C)(C)c1cc[n+]2n1CCC2. The minimum absolute atomic E-state index is 0.287. The van der Waals surface area contributed by atoms with E-state index < -0.39 is 0 Å². The van der Waals surface area contributed by atoms with Gasteiger partial charge in [-0.25, -0.2) is 0 Å². The van der Waals surface area contributed by atoms with Crippen LogP contribution in [-0.2, 0) is 18.5 Å². The van der Waals surface area contributed by atoms with Crippen molar-refractivity contribution in [3.63, 3.8) is 0 Å².